The van der Waals surface area contributed by atoms with Gasteiger partial charge in [0.2, 0.25) is 5.69 Å². The van der Waals surface area contributed by atoms with E-state index in [1.54, 1.807) is 0 Å². The zero-order valence-electron chi connectivity index (χ0n) is 25.3. The number of pyridine rings is 2. The minimum atomic E-state index is -0.539. The van der Waals surface area contributed by atoms with Crippen molar-refractivity contribution in [3.05, 3.63) is 185 Å². The molecule has 0 N–H and O–H groups in total. The number of rotatable bonds is 0. The van der Waals surface area contributed by atoms with E-state index in [0.717, 1.165) is 0 Å². The number of hydrogen-bond acceptors (Lipinski definition) is 0. The predicted molar refractivity (Wildman–Crippen MR) is 185 cm³/mol. The number of hydrogen-bond donors (Lipinski definition) is 0. The van der Waals surface area contributed by atoms with Gasteiger partial charge in [0.05, 0.1) is 27.5 Å². The van der Waals surface area contributed by atoms with Crippen LogP contribution in [-0.4, -0.2) is 4.40 Å². The van der Waals surface area contributed by atoms with Crippen LogP contribution in [0.1, 0.15) is 33.4 Å². The van der Waals surface area contributed by atoms with Gasteiger partial charge >= 0.3 is 11.3 Å². The van der Waals surface area contributed by atoms with E-state index in [1.165, 1.54) is 93.9 Å². The van der Waals surface area contributed by atoms with Gasteiger partial charge in [-0.1, -0.05) is 97.1 Å². The molecule has 47 heavy (non-hydrogen) atoms. The molecular formula is C44H25N3+2. The summed E-state index contributed by atoms with van der Waals surface area (Å²) in [7, 11) is 0. The van der Waals surface area contributed by atoms with E-state index in [9.17, 15) is 0 Å². The Morgan fingerprint density at radius 2 is 1.17 bits per heavy atom. The number of benzene rings is 6. The molecule has 3 nitrogen and oxygen atoms in total. The van der Waals surface area contributed by atoms with Crippen LogP contribution in [0.4, 0.5) is 0 Å². The second kappa shape index (κ2) is 7.32. The topological polar surface area (TPSA) is 12.2 Å². The quantitative estimate of drug-likeness (QED) is 0.0951. The number of imidazole rings is 1. The maximum atomic E-state index is 2.60. The van der Waals surface area contributed by atoms with Crippen LogP contribution >= 0.6 is 0 Å². The van der Waals surface area contributed by atoms with Gasteiger partial charge in [-0.15, -0.1) is 4.57 Å². The van der Waals surface area contributed by atoms with Crippen LogP contribution < -0.4 is 9.13 Å². The van der Waals surface area contributed by atoms with Crippen LogP contribution in [0.25, 0.3) is 60.5 Å². The van der Waals surface area contributed by atoms with Gasteiger partial charge in [0.25, 0.3) is 0 Å². The SMILES string of the molecule is c1ccc2c(c1)-c1ccccc1C21c2cccc3c2C2(c4c1ccc1c5cc6ccccc6cc5n5cc[n+]2c5c41)[n+]1ccccc1-3. The Morgan fingerprint density at radius 1 is 0.489 bits per heavy atom. The Morgan fingerprint density at radius 3 is 2.00 bits per heavy atom. The highest BCUT2D eigenvalue weighted by Gasteiger charge is 2.71. The third-order valence-corrected chi connectivity index (χ3v) is 12.0. The van der Waals surface area contributed by atoms with E-state index >= 15 is 0 Å². The van der Waals surface area contributed by atoms with Crippen LogP contribution in [0, 0.1) is 0 Å². The summed E-state index contributed by atoms with van der Waals surface area (Å²) in [6.45, 7) is 0. The Kier molecular flexibility index (Phi) is 3.63. The Hall–Kier alpha value is -6.06. The first kappa shape index (κ1) is 23.3. The molecule has 6 aromatic carbocycles. The molecule has 3 aromatic heterocycles. The summed E-state index contributed by atoms with van der Waals surface area (Å²) in [4.78, 5) is 0. The summed E-state index contributed by atoms with van der Waals surface area (Å²) in [5, 5.41) is 6.52. The van der Waals surface area contributed by atoms with Gasteiger partial charge in [-0.3, -0.25) is 0 Å². The van der Waals surface area contributed by atoms with Crippen LogP contribution in [-0.2, 0) is 11.1 Å². The van der Waals surface area contributed by atoms with Gasteiger partial charge in [0.1, 0.15) is 17.9 Å². The van der Waals surface area contributed by atoms with Gasteiger partial charge < -0.3 is 0 Å². The zero-order chi connectivity index (χ0) is 30.2. The Labute approximate surface area is 269 Å². The van der Waals surface area contributed by atoms with Crippen LogP contribution in [0.3, 0.4) is 0 Å². The lowest BCUT2D eigenvalue weighted by atomic mass is 9.58. The molecule has 2 aliphatic carbocycles. The van der Waals surface area contributed by atoms with Gasteiger partial charge in [-0.25, -0.2) is 0 Å². The van der Waals surface area contributed by atoms with Gasteiger partial charge in [0, 0.05) is 22.9 Å². The standard InChI is InChI=1S/C44H25N3/c1-2-11-27-25-38-32(24-26(27)10-1)30-19-20-36-41-39(30)42-45(38)22-23-47(42)44(41)40-31(37-18-7-8-21-46(37)44)14-9-17-35(40)43(36)33-15-5-3-12-28(33)29-13-4-6-16-34(29)43/h1-25H/q+2. The van der Waals surface area contributed by atoms with Gasteiger partial charge in [-0.05, 0) is 68.4 Å². The van der Waals surface area contributed by atoms with E-state index in [-0.39, 0.29) is 0 Å². The molecule has 9 aromatic rings. The molecule has 2 aliphatic heterocycles. The monoisotopic (exact) mass is 595 g/mol. The molecule has 3 heteroatoms. The number of aromatic nitrogens is 3. The van der Waals surface area contributed by atoms with Crippen molar-refractivity contribution in [3.8, 4) is 22.4 Å². The molecule has 0 saturated carbocycles. The van der Waals surface area contributed by atoms with E-state index in [0.29, 0.717) is 0 Å². The van der Waals surface area contributed by atoms with Crippen LogP contribution in [0.5, 0.6) is 0 Å². The molecule has 0 bridgehead atoms. The summed E-state index contributed by atoms with van der Waals surface area (Å²) in [6.07, 6.45) is 6.95. The van der Waals surface area contributed by atoms with Gasteiger partial charge in [0.15, 0.2) is 6.20 Å². The van der Waals surface area contributed by atoms with Crippen molar-refractivity contribution in [2.24, 2.45) is 0 Å². The van der Waals surface area contributed by atoms with E-state index in [1.807, 2.05) is 0 Å². The molecule has 1 atom stereocenters. The molecule has 214 valence electrons. The first-order chi connectivity index (χ1) is 23.3. The molecule has 0 radical (unpaired) electrons. The van der Waals surface area contributed by atoms with Crippen molar-refractivity contribution in [1.29, 1.82) is 0 Å². The van der Waals surface area contributed by atoms with E-state index in [2.05, 4.69) is 166 Å². The fourth-order valence-corrected chi connectivity index (χ4v) is 10.5. The maximum absolute atomic E-state index is 2.60. The maximum Gasteiger partial charge on any atom is 0.364 e. The third kappa shape index (κ3) is 2.19. The third-order valence-electron chi connectivity index (χ3n) is 12.0. The molecule has 4 aliphatic rings. The molecule has 5 heterocycles. The number of fused-ring (bicyclic) bond motifs is 13. The van der Waals surface area contributed by atoms with Crippen molar-refractivity contribution < 1.29 is 9.13 Å². The first-order valence-corrected chi connectivity index (χ1v) is 16.5. The van der Waals surface area contributed by atoms with E-state index < -0.39 is 11.1 Å². The van der Waals surface area contributed by atoms with E-state index in [4.69, 9.17) is 0 Å². The van der Waals surface area contributed by atoms with Crippen molar-refractivity contribution in [2.75, 3.05) is 0 Å². The normalized spacial score (nSPS) is 18.0. The highest BCUT2D eigenvalue weighted by atomic mass is 15.3. The van der Waals surface area contributed by atoms with Crippen molar-refractivity contribution in [2.45, 2.75) is 11.1 Å². The molecule has 1 unspecified atom stereocenters. The highest BCUT2D eigenvalue weighted by Crippen LogP contribution is 2.65. The molecule has 13 rings (SSSR count). The first-order valence-electron chi connectivity index (χ1n) is 16.5. The van der Waals surface area contributed by atoms with Crippen molar-refractivity contribution >= 4 is 38.1 Å². The summed E-state index contributed by atoms with van der Waals surface area (Å²) in [5.74, 6) is 0. The van der Waals surface area contributed by atoms with Crippen LogP contribution in [0.2, 0.25) is 0 Å². The summed E-state index contributed by atoms with van der Waals surface area (Å²) < 4.78 is 7.63. The van der Waals surface area contributed by atoms with Gasteiger partial charge in [-0.2, -0.15) is 8.97 Å². The summed E-state index contributed by atoms with van der Waals surface area (Å²) in [5.41, 5.74) is 15.2. The number of nitrogens with zero attached hydrogens (tertiary/aromatic N) is 3. The lowest BCUT2D eigenvalue weighted by Crippen LogP contribution is -2.73. The highest BCUT2D eigenvalue weighted by molar-refractivity contribution is 6.17. The van der Waals surface area contributed by atoms with Crippen molar-refractivity contribution in [1.82, 2.24) is 4.40 Å². The fourth-order valence-electron chi connectivity index (χ4n) is 10.5. The minimum absolute atomic E-state index is 0.437. The smallest absolute Gasteiger partial charge is 0.195 e. The minimum Gasteiger partial charge on any atom is -0.195 e. The zero-order valence-corrected chi connectivity index (χ0v) is 25.3. The fraction of sp³-hybridized carbons (Fsp3) is 0.0455. The predicted octanol–water partition coefficient (Wildman–Crippen LogP) is 8.24. The molecule has 0 amide bonds. The summed E-state index contributed by atoms with van der Waals surface area (Å²) in [6, 6.07) is 50.6. The molecule has 0 fully saturated rings. The van der Waals surface area contributed by atoms with Crippen molar-refractivity contribution in [3.63, 3.8) is 0 Å². The second-order valence-electron chi connectivity index (χ2n) is 13.7. The Bertz CT molecular complexity index is 2940. The lowest BCUT2D eigenvalue weighted by Gasteiger charge is -2.42. The second-order valence-corrected chi connectivity index (χ2v) is 13.7. The molecular weight excluding hydrogens is 571 g/mol. The molecule has 0 saturated heterocycles. The Balaban J connectivity index is 1.35. The summed E-state index contributed by atoms with van der Waals surface area (Å²) >= 11 is 0. The average molecular weight is 596 g/mol. The van der Waals surface area contributed by atoms with Crippen LogP contribution in [0.15, 0.2) is 152 Å². The molecule has 2 spiro atoms. The lowest BCUT2D eigenvalue weighted by molar-refractivity contribution is -0.950. The average Bonchev–Trinajstić information content (AvgIpc) is 3.86. The largest absolute Gasteiger partial charge is 0.364 e.